The Hall–Kier alpha value is -2.22. The molecule has 0 amide bonds. The largest absolute Gasteiger partial charge is 0.428 e. The lowest BCUT2D eigenvalue weighted by molar-refractivity contribution is 0.483. The first kappa shape index (κ1) is 14.7. The van der Waals surface area contributed by atoms with Gasteiger partial charge in [-0.3, -0.25) is 0 Å². The average Bonchev–Trinajstić information content (AvgIpc) is 2.93. The maximum Gasteiger partial charge on any atom is 0.228 e. The van der Waals surface area contributed by atoms with Crippen molar-refractivity contribution in [2.24, 2.45) is 0 Å². The van der Waals surface area contributed by atoms with E-state index in [-0.39, 0.29) is 5.69 Å². The highest BCUT2D eigenvalue weighted by atomic mass is 35.5. The molecule has 0 aliphatic carbocycles. The smallest absolute Gasteiger partial charge is 0.228 e. The molecule has 3 aromatic rings. The van der Waals surface area contributed by atoms with Crippen molar-refractivity contribution in [3.8, 4) is 17.5 Å². The van der Waals surface area contributed by atoms with Crippen LogP contribution in [0, 0.1) is 18.3 Å². The lowest BCUT2D eigenvalue weighted by Gasteiger charge is -1.99. The van der Waals surface area contributed by atoms with Gasteiger partial charge in [0.15, 0.2) is 5.69 Å². The Morgan fingerprint density at radius 2 is 1.77 bits per heavy atom. The summed E-state index contributed by atoms with van der Waals surface area (Å²) < 4.78 is 5.75. The molecular formula is C17H11ClN2OS. The lowest BCUT2D eigenvalue weighted by Crippen LogP contribution is -1.79. The van der Waals surface area contributed by atoms with Crippen LogP contribution in [0.3, 0.4) is 0 Å². The van der Waals surface area contributed by atoms with Crippen molar-refractivity contribution in [3.05, 3.63) is 64.8 Å². The van der Waals surface area contributed by atoms with Crippen molar-refractivity contribution in [3.63, 3.8) is 0 Å². The number of aromatic nitrogens is 1. The van der Waals surface area contributed by atoms with Gasteiger partial charge in [0.25, 0.3) is 0 Å². The Kier molecular flexibility index (Phi) is 4.19. The fourth-order valence-electron chi connectivity index (χ4n) is 1.88. The number of benzene rings is 2. The molecular weight excluding hydrogens is 316 g/mol. The molecule has 0 aliphatic heterocycles. The van der Waals surface area contributed by atoms with Crippen LogP contribution in [-0.4, -0.2) is 4.98 Å². The molecule has 0 saturated carbocycles. The normalized spacial score (nSPS) is 10.4. The molecule has 0 saturated heterocycles. The summed E-state index contributed by atoms with van der Waals surface area (Å²) in [5.41, 5.74) is 2.26. The molecule has 1 aromatic heterocycles. The summed E-state index contributed by atoms with van der Waals surface area (Å²) in [6.07, 6.45) is 0. The monoisotopic (exact) mass is 326 g/mol. The van der Waals surface area contributed by atoms with Gasteiger partial charge in [0.1, 0.15) is 6.07 Å². The average molecular weight is 327 g/mol. The zero-order valence-corrected chi connectivity index (χ0v) is 13.3. The number of nitrogens with zero attached hydrogens (tertiary/aromatic N) is 2. The van der Waals surface area contributed by atoms with E-state index in [1.807, 2.05) is 43.3 Å². The van der Waals surface area contributed by atoms with E-state index in [4.69, 9.17) is 16.0 Å². The molecule has 0 bridgehead atoms. The molecule has 0 fully saturated rings. The first-order valence-electron chi connectivity index (χ1n) is 6.57. The summed E-state index contributed by atoms with van der Waals surface area (Å²) in [7, 11) is 0. The van der Waals surface area contributed by atoms with Crippen molar-refractivity contribution in [1.82, 2.24) is 4.98 Å². The number of rotatable bonds is 3. The molecule has 108 valence electrons. The van der Waals surface area contributed by atoms with Gasteiger partial charge < -0.3 is 4.42 Å². The second kappa shape index (κ2) is 6.27. The van der Waals surface area contributed by atoms with Gasteiger partial charge in [0.2, 0.25) is 11.0 Å². The Labute approximate surface area is 137 Å². The first-order chi connectivity index (χ1) is 10.7. The fourth-order valence-corrected chi connectivity index (χ4v) is 2.80. The van der Waals surface area contributed by atoms with Gasteiger partial charge in [-0.1, -0.05) is 29.3 Å². The second-order valence-corrected chi connectivity index (χ2v) is 6.17. The number of hydrogen-bond acceptors (Lipinski definition) is 4. The van der Waals surface area contributed by atoms with Gasteiger partial charge in [-0.15, -0.1) is 0 Å². The van der Waals surface area contributed by atoms with Crippen molar-refractivity contribution < 1.29 is 4.42 Å². The molecule has 22 heavy (non-hydrogen) atoms. The topological polar surface area (TPSA) is 49.8 Å². The Morgan fingerprint density at radius 1 is 1.09 bits per heavy atom. The third-order valence-electron chi connectivity index (χ3n) is 3.02. The zero-order valence-electron chi connectivity index (χ0n) is 11.7. The summed E-state index contributed by atoms with van der Waals surface area (Å²) in [6.45, 7) is 2.03. The highest BCUT2D eigenvalue weighted by molar-refractivity contribution is 7.99. The van der Waals surface area contributed by atoms with Crippen LogP contribution in [0.4, 0.5) is 0 Å². The number of nitriles is 1. The Bertz CT molecular complexity index is 833. The van der Waals surface area contributed by atoms with Crippen LogP contribution < -0.4 is 0 Å². The van der Waals surface area contributed by atoms with Crippen molar-refractivity contribution in [2.75, 3.05) is 0 Å². The van der Waals surface area contributed by atoms with E-state index in [1.165, 1.54) is 17.3 Å². The van der Waals surface area contributed by atoms with E-state index in [0.717, 1.165) is 10.5 Å². The van der Waals surface area contributed by atoms with E-state index in [0.29, 0.717) is 16.0 Å². The van der Waals surface area contributed by atoms with E-state index in [9.17, 15) is 5.26 Å². The van der Waals surface area contributed by atoms with E-state index < -0.39 is 0 Å². The summed E-state index contributed by atoms with van der Waals surface area (Å²) in [6, 6.07) is 17.3. The minimum atomic E-state index is 0.288. The Morgan fingerprint density at radius 3 is 2.41 bits per heavy atom. The number of aryl methyl sites for hydroxylation is 1. The fraction of sp³-hybridized carbons (Fsp3) is 0.0588. The minimum absolute atomic E-state index is 0.288. The predicted octanol–water partition coefficient (Wildman–Crippen LogP) is 5.33. The molecule has 0 atom stereocenters. The Balaban J connectivity index is 1.93. The molecule has 3 nitrogen and oxygen atoms in total. The number of oxazole rings is 1. The van der Waals surface area contributed by atoms with Crippen LogP contribution in [0.2, 0.25) is 5.02 Å². The van der Waals surface area contributed by atoms with Crippen LogP contribution in [0.15, 0.2) is 62.9 Å². The van der Waals surface area contributed by atoms with Crippen LogP contribution in [0.5, 0.6) is 0 Å². The van der Waals surface area contributed by atoms with Crippen LogP contribution in [0.1, 0.15) is 11.3 Å². The van der Waals surface area contributed by atoms with E-state index in [2.05, 4.69) is 11.1 Å². The highest BCUT2D eigenvalue weighted by Gasteiger charge is 2.15. The number of halogens is 1. The van der Waals surface area contributed by atoms with E-state index >= 15 is 0 Å². The SMILES string of the molecule is Cc1ccc(Sc2oc(-c3ccc(Cl)cc3)nc2C#N)cc1. The molecule has 1 heterocycles. The molecule has 0 aliphatic rings. The maximum absolute atomic E-state index is 9.24. The molecule has 3 rings (SSSR count). The maximum atomic E-state index is 9.24. The van der Waals surface area contributed by atoms with E-state index in [1.54, 1.807) is 12.1 Å². The van der Waals surface area contributed by atoms with Gasteiger partial charge >= 0.3 is 0 Å². The molecule has 0 radical (unpaired) electrons. The number of hydrogen-bond donors (Lipinski definition) is 0. The summed E-state index contributed by atoms with van der Waals surface area (Å²) >= 11 is 7.26. The van der Waals surface area contributed by atoms with Gasteiger partial charge in [-0.25, -0.2) is 0 Å². The molecule has 5 heteroatoms. The highest BCUT2D eigenvalue weighted by Crippen LogP contribution is 2.34. The zero-order chi connectivity index (χ0) is 15.5. The molecule has 0 unspecified atom stereocenters. The standard InChI is InChI=1S/C17H11ClN2OS/c1-11-2-8-14(9-3-11)22-17-15(10-19)20-16(21-17)12-4-6-13(18)7-5-12/h2-9H,1H3. The molecule has 2 aromatic carbocycles. The molecule has 0 spiro atoms. The predicted molar refractivity (Wildman–Crippen MR) is 87.0 cm³/mol. The second-order valence-electron chi connectivity index (χ2n) is 4.69. The summed E-state index contributed by atoms with van der Waals surface area (Å²) in [5, 5.41) is 10.4. The third kappa shape index (κ3) is 3.16. The lowest BCUT2D eigenvalue weighted by atomic mass is 10.2. The quantitative estimate of drug-likeness (QED) is 0.653. The van der Waals surface area contributed by atoms with Gasteiger partial charge in [-0.2, -0.15) is 10.2 Å². The van der Waals surface area contributed by atoms with Crippen molar-refractivity contribution in [1.29, 1.82) is 5.26 Å². The minimum Gasteiger partial charge on any atom is -0.428 e. The van der Waals surface area contributed by atoms with Crippen molar-refractivity contribution >= 4 is 23.4 Å². The third-order valence-corrected chi connectivity index (χ3v) is 4.25. The summed E-state index contributed by atoms with van der Waals surface area (Å²) in [4.78, 5) is 5.25. The van der Waals surface area contributed by atoms with Gasteiger partial charge in [0, 0.05) is 15.5 Å². The molecule has 0 N–H and O–H groups in total. The van der Waals surface area contributed by atoms with Crippen LogP contribution in [0.25, 0.3) is 11.5 Å². The summed E-state index contributed by atoms with van der Waals surface area (Å²) in [5.74, 6) is 0.419. The van der Waals surface area contributed by atoms with Gasteiger partial charge in [-0.05, 0) is 55.1 Å². The first-order valence-corrected chi connectivity index (χ1v) is 7.76. The van der Waals surface area contributed by atoms with Crippen LogP contribution in [-0.2, 0) is 0 Å². The van der Waals surface area contributed by atoms with Crippen LogP contribution >= 0.6 is 23.4 Å². The van der Waals surface area contributed by atoms with Gasteiger partial charge in [0.05, 0.1) is 0 Å². The van der Waals surface area contributed by atoms with Crippen molar-refractivity contribution in [2.45, 2.75) is 16.9 Å².